The molecule has 0 spiro atoms. The van der Waals surface area contributed by atoms with Crippen LogP contribution in [-0.2, 0) is 0 Å². The number of hydrogen-bond donors (Lipinski definition) is 2. The summed E-state index contributed by atoms with van der Waals surface area (Å²) in [5.41, 5.74) is 0.558. The van der Waals surface area contributed by atoms with Crippen molar-refractivity contribution in [1.82, 2.24) is 19.5 Å². The zero-order valence-electron chi connectivity index (χ0n) is 9.21. The predicted molar refractivity (Wildman–Crippen MR) is 59.1 cm³/mol. The highest BCUT2D eigenvalue weighted by Gasteiger charge is 2.18. The number of aliphatic hydroxyl groups excluding tert-OH is 1. The van der Waals surface area contributed by atoms with Crippen molar-refractivity contribution in [3.8, 4) is 0 Å². The summed E-state index contributed by atoms with van der Waals surface area (Å²) in [5.74, 6) is 0.239. The minimum Gasteiger partial charge on any atom is -0.394 e. The summed E-state index contributed by atoms with van der Waals surface area (Å²) >= 11 is 0. The van der Waals surface area contributed by atoms with Crippen LogP contribution in [0.2, 0.25) is 0 Å². The number of aromatic amines is 1. The van der Waals surface area contributed by atoms with Crippen LogP contribution < -0.4 is 5.56 Å². The number of fused-ring (bicyclic) bond motifs is 1. The summed E-state index contributed by atoms with van der Waals surface area (Å²) in [6.07, 6.45) is 2.89. The van der Waals surface area contributed by atoms with Gasteiger partial charge in [-0.1, -0.05) is 13.8 Å². The molecule has 86 valence electrons. The van der Waals surface area contributed by atoms with E-state index in [-0.39, 0.29) is 24.1 Å². The molecule has 0 aromatic carbocycles. The second-order valence-electron chi connectivity index (χ2n) is 4.05. The highest BCUT2D eigenvalue weighted by atomic mass is 16.3. The molecule has 2 aromatic heterocycles. The van der Waals surface area contributed by atoms with Crippen LogP contribution in [0.4, 0.5) is 0 Å². The van der Waals surface area contributed by atoms with Crippen molar-refractivity contribution < 1.29 is 5.11 Å². The molecule has 2 N–H and O–H groups in total. The molecule has 1 unspecified atom stereocenters. The van der Waals surface area contributed by atoms with Crippen LogP contribution in [0.15, 0.2) is 17.4 Å². The van der Waals surface area contributed by atoms with E-state index in [0.717, 1.165) is 0 Å². The van der Waals surface area contributed by atoms with E-state index in [2.05, 4.69) is 15.0 Å². The van der Waals surface area contributed by atoms with Gasteiger partial charge in [0.2, 0.25) is 0 Å². The first-order valence-corrected chi connectivity index (χ1v) is 5.16. The molecule has 0 aliphatic carbocycles. The van der Waals surface area contributed by atoms with Crippen LogP contribution in [0.3, 0.4) is 0 Å². The Balaban J connectivity index is 2.61. The Labute approximate surface area is 92.0 Å². The van der Waals surface area contributed by atoms with E-state index in [1.807, 2.05) is 13.8 Å². The van der Waals surface area contributed by atoms with Gasteiger partial charge in [-0.15, -0.1) is 0 Å². The van der Waals surface area contributed by atoms with Gasteiger partial charge in [0.25, 0.3) is 5.56 Å². The molecule has 2 heterocycles. The lowest BCUT2D eigenvalue weighted by atomic mass is 10.1. The van der Waals surface area contributed by atoms with Gasteiger partial charge >= 0.3 is 0 Å². The fraction of sp³-hybridized carbons (Fsp3) is 0.500. The Hall–Kier alpha value is -1.69. The molecule has 6 heteroatoms. The van der Waals surface area contributed by atoms with Crippen molar-refractivity contribution in [2.75, 3.05) is 6.61 Å². The van der Waals surface area contributed by atoms with E-state index in [1.54, 1.807) is 10.9 Å². The standard InChI is InChI=1S/C10H14N4O2/c1-6(2)7(3-15)14-5-13-8-9(14)11-4-12-10(8)16/h4-7,15H,3H2,1-2H3,(H,11,12,16). The summed E-state index contributed by atoms with van der Waals surface area (Å²) < 4.78 is 1.75. The maximum atomic E-state index is 11.4. The summed E-state index contributed by atoms with van der Waals surface area (Å²) in [6, 6.07) is -0.112. The van der Waals surface area contributed by atoms with Crippen molar-refractivity contribution in [3.63, 3.8) is 0 Å². The Morgan fingerprint density at radius 2 is 2.25 bits per heavy atom. The van der Waals surface area contributed by atoms with Gasteiger partial charge in [0.1, 0.15) is 0 Å². The van der Waals surface area contributed by atoms with Gasteiger partial charge in [-0.25, -0.2) is 9.97 Å². The number of imidazole rings is 1. The van der Waals surface area contributed by atoms with E-state index in [1.165, 1.54) is 6.33 Å². The molecule has 0 aliphatic rings. The number of aromatic nitrogens is 4. The van der Waals surface area contributed by atoms with Gasteiger partial charge in [0.05, 0.1) is 25.3 Å². The van der Waals surface area contributed by atoms with Crippen LogP contribution in [0.25, 0.3) is 11.2 Å². The summed E-state index contributed by atoms with van der Waals surface area (Å²) in [5, 5.41) is 9.33. The SMILES string of the molecule is CC(C)C(CO)n1cnc2c(=O)[nH]cnc21. The fourth-order valence-corrected chi connectivity index (χ4v) is 1.73. The Morgan fingerprint density at radius 1 is 1.50 bits per heavy atom. The molecule has 0 saturated heterocycles. The van der Waals surface area contributed by atoms with Gasteiger partial charge in [0.15, 0.2) is 11.2 Å². The molecule has 0 saturated carbocycles. The Kier molecular flexibility index (Phi) is 2.74. The number of nitrogens with zero attached hydrogens (tertiary/aromatic N) is 3. The Bertz CT molecular complexity index is 543. The smallest absolute Gasteiger partial charge is 0.278 e. The zero-order valence-corrected chi connectivity index (χ0v) is 9.21. The monoisotopic (exact) mass is 222 g/mol. The zero-order chi connectivity index (χ0) is 11.7. The van der Waals surface area contributed by atoms with Crippen LogP contribution >= 0.6 is 0 Å². The van der Waals surface area contributed by atoms with Crippen molar-refractivity contribution in [2.45, 2.75) is 19.9 Å². The number of aliphatic hydroxyl groups is 1. The average molecular weight is 222 g/mol. The normalized spacial score (nSPS) is 13.5. The molecule has 6 nitrogen and oxygen atoms in total. The molecule has 0 fully saturated rings. The average Bonchev–Trinajstić information content (AvgIpc) is 2.64. The van der Waals surface area contributed by atoms with Gasteiger partial charge in [-0.3, -0.25) is 4.79 Å². The van der Waals surface area contributed by atoms with Crippen molar-refractivity contribution >= 4 is 11.2 Å². The first-order chi connectivity index (χ1) is 7.65. The lowest BCUT2D eigenvalue weighted by molar-refractivity contribution is 0.195. The van der Waals surface area contributed by atoms with Crippen molar-refractivity contribution in [1.29, 1.82) is 0 Å². The topological polar surface area (TPSA) is 83.8 Å². The van der Waals surface area contributed by atoms with E-state index in [0.29, 0.717) is 11.2 Å². The maximum Gasteiger partial charge on any atom is 0.278 e. The quantitative estimate of drug-likeness (QED) is 0.782. The van der Waals surface area contributed by atoms with Crippen LogP contribution in [0.1, 0.15) is 19.9 Å². The van der Waals surface area contributed by atoms with Gasteiger partial charge in [-0.2, -0.15) is 0 Å². The van der Waals surface area contributed by atoms with Crippen LogP contribution in [-0.4, -0.2) is 31.2 Å². The number of hydrogen-bond acceptors (Lipinski definition) is 4. The number of rotatable bonds is 3. The van der Waals surface area contributed by atoms with Gasteiger partial charge in [0, 0.05) is 0 Å². The third-order valence-electron chi connectivity index (χ3n) is 2.68. The minimum absolute atomic E-state index is 0.00238. The highest BCUT2D eigenvalue weighted by molar-refractivity contribution is 5.68. The van der Waals surface area contributed by atoms with Crippen molar-refractivity contribution in [2.24, 2.45) is 5.92 Å². The molecule has 2 aromatic rings. The second kappa shape index (κ2) is 4.05. The number of H-pyrrole nitrogens is 1. The van der Waals surface area contributed by atoms with Gasteiger partial charge < -0.3 is 14.7 Å². The summed E-state index contributed by atoms with van der Waals surface area (Å²) in [6.45, 7) is 4.00. The predicted octanol–water partition coefficient (Wildman–Crippen LogP) is 0.309. The molecule has 0 aliphatic heterocycles. The molecule has 0 radical (unpaired) electrons. The minimum atomic E-state index is -0.260. The Morgan fingerprint density at radius 3 is 2.88 bits per heavy atom. The van der Waals surface area contributed by atoms with Gasteiger partial charge in [-0.05, 0) is 5.92 Å². The molecule has 1 atom stereocenters. The molecule has 0 bridgehead atoms. The molecule has 2 rings (SSSR count). The summed E-state index contributed by atoms with van der Waals surface area (Å²) in [4.78, 5) is 22.0. The van der Waals surface area contributed by atoms with Crippen LogP contribution in [0.5, 0.6) is 0 Å². The van der Waals surface area contributed by atoms with E-state index < -0.39 is 0 Å². The van der Waals surface area contributed by atoms with E-state index in [4.69, 9.17) is 0 Å². The third kappa shape index (κ3) is 1.61. The van der Waals surface area contributed by atoms with Crippen molar-refractivity contribution in [3.05, 3.63) is 23.0 Å². The maximum absolute atomic E-state index is 11.4. The lowest BCUT2D eigenvalue weighted by Crippen LogP contribution is -2.19. The second-order valence-corrected chi connectivity index (χ2v) is 4.05. The summed E-state index contributed by atoms with van der Waals surface area (Å²) in [7, 11) is 0. The fourth-order valence-electron chi connectivity index (χ4n) is 1.73. The first-order valence-electron chi connectivity index (χ1n) is 5.16. The van der Waals surface area contributed by atoms with E-state index >= 15 is 0 Å². The molecular weight excluding hydrogens is 208 g/mol. The number of nitrogens with one attached hydrogen (secondary N) is 1. The highest BCUT2D eigenvalue weighted by Crippen LogP contribution is 2.19. The third-order valence-corrected chi connectivity index (χ3v) is 2.68. The van der Waals surface area contributed by atoms with Crippen LogP contribution in [0, 0.1) is 5.92 Å². The first kappa shape index (κ1) is 10.8. The molecular formula is C10H14N4O2. The lowest BCUT2D eigenvalue weighted by Gasteiger charge is -2.19. The largest absolute Gasteiger partial charge is 0.394 e. The molecule has 0 amide bonds. The van der Waals surface area contributed by atoms with E-state index in [9.17, 15) is 9.90 Å². The molecule has 16 heavy (non-hydrogen) atoms.